The Bertz CT molecular complexity index is 849. The van der Waals surface area contributed by atoms with Crippen LogP contribution >= 0.6 is 0 Å². The minimum Gasteiger partial charge on any atom is -0.460 e. The summed E-state index contributed by atoms with van der Waals surface area (Å²) in [6, 6.07) is 13.2. The van der Waals surface area contributed by atoms with Gasteiger partial charge in [0.25, 0.3) is 0 Å². The summed E-state index contributed by atoms with van der Waals surface area (Å²) < 4.78 is 19.4. The van der Waals surface area contributed by atoms with Crippen LogP contribution in [0.1, 0.15) is 19.1 Å². The minimum absolute atomic E-state index is 0.106. The lowest BCUT2D eigenvalue weighted by Crippen LogP contribution is -2.09. The third kappa shape index (κ3) is 2.47. The fourth-order valence-corrected chi connectivity index (χ4v) is 2.53. The van der Waals surface area contributed by atoms with Crippen LogP contribution in [-0.4, -0.2) is 0 Å². The molecule has 3 aromatic rings. The highest BCUT2D eigenvalue weighted by atomic mass is 19.1. The summed E-state index contributed by atoms with van der Waals surface area (Å²) in [6.45, 7) is 2.02. The molecule has 0 radical (unpaired) electrons. The van der Waals surface area contributed by atoms with E-state index in [1.54, 1.807) is 30.3 Å². The number of para-hydroxylation sites is 1. The van der Waals surface area contributed by atoms with Crippen molar-refractivity contribution < 1.29 is 8.81 Å². The van der Waals surface area contributed by atoms with Crippen LogP contribution < -0.4 is 5.43 Å². The van der Waals surface area contributed by atoms with Crippen molar-refractivity contribution in [1.29, 1.82) is 0 Å². The number of rotatable bonds is 3. The van der Waals surface area contributed by atoms with Crippen molar-refractivity contribution in [3.63, 3.8) is 0 Å². The second kappa shape index (κ2) is 5.52. The molecule has 0 N–H and O–H groups in total. The molecule has 2 nitrogen and oxygen atoms in total. The van der Waals surface area contributed by atoms with E-state index in [2.05, 4.69) is 0 Å². The van der Waals surface area contributed by atoms with E-state index in [0.717, 1.165) is 6.42 Å². The Morgan fingerprint density at radius 1 is 1.10 bits per heavy atom. The fraction of sp³-hybridized carbons (Fsp3) is 0.167. The normalized spacial score (nSPS) is 11.0. The van der Waals surface area contributed by atoms with Crippen molar-refractivity contribution in [2.24, 2.45) is 0 Å². The van der Waals surface area contributed by atoms with Gasteiger partial charge in [-0.3, -0.25) is 4.79 Å². The first kappa shape index (κ1) is 13.6. The molecule has 0 spiro atoms. The molecular weight excluding hydrogens is 267 g/mol. The fourth-order valence-electron chi connectivity index (χ4n) is 2.53. The average Bonchev–Trinajstić information content (AvgIpc) is 2.48. The number of benzene rings is 2. The van der Waals surface area contributed by atoms with E-state index in [0.29, 0.717) is 34.3 Å². The van der Waals surface area contributed by atoms with Gasteiger partial charge in [-0.15, -0.1) is 0 Å². The molecule has 3 heteroatoms. The zero-order valence-electron chi connectivity index (χ0n) is 11.7. The first-order valence-electron chi connectivity index (χ1n) is 7.01. The van der Waals surface area contributed by atoms with Crippen molar-refractivity contribution in [3.05, 3.63) is 70.3 Å². The van der Waals surface area contributed by atoms with Crippen molar-refractivity contribution >= 4 is 11.0 Å². The molecule has 1 heterocycles. The summed E-state index contributed by atoms with van der Waals surface area (Å²) >= 11 is 0. The molecule has 0 atom stereocenters. The van der Waals surface area contributed by atoms with Crippen LogP contribution in [0.15, 0.2) is 57.7 Å². The predicted octanol–water partition coefficient (Wildman–Crippen LogP) is 4.55. The van der Waals surface area contributed by atoms with E-state index >= 15 is 0 Å². The molecule has 0 saturated carbocycles. The van der Waals surface area contributed by atoms with Gasteiger partial charge in [0.15, 0.2) is 0 Å². The number of fused-ring (bicyclic) bond motifs is 1. The lowest BCUT2D eigenvalue weighted by atomic mass is 10.00. The summed E-state index contributed by atoms with van der Waals surface area (Å²) in [5, 5.41) is 0.525. The first-order chi connectivity index (χ1) is 10.2. The van der Waals surface area contributed by atoms with Crippen LogP contribution in [0.3, 0.4) is 0 Å². The molecule has 2 aromatic carbocycles. The molecule has 0 aliphatic heterocycles. The molecule has 21 heavy (non-hydrogen) atoms. The standard InChI is InChI=1S/C18H15FO2/c1-2-6-16-17(12-7-5-8-13(19)11-12)18(20)14-9-3-4-10-15(14)21-16/h3-5,7-11H,2,6H2,1H3. The number of hydrogen-bond acceptors (Lipinski definition) is 2. The maximum atomic E-state index is 13.5. The Morgan fingerprint density at radius 2 is 1.90 bits per heavy atom. The Balaban J connectivity index is 2.36. The number of aryl methyl sites for hydroxylation is 1. The molecule has 0 amide bonds. The third-order valence-corrected chi connectivity index (χ3v) is 3.46. The molecular formula is C18H15FO2. The van der Waals surface area contributed by atoms with Crippen molar-refractivity contribution in [2.45, 2.75) is 19.8 Å². The van der Waals surface area contributed by atoms with E-state index < -0.39 is 0 Å². The van der Waals surface area contributed by atoms with Gasteiger partial charge in [-0.1, -0.05) is 31.2 Å². The van der Waals surface area contributed by atoms with E-state index in [4.69, 9.17) is 4.42 Å². The van der Waals surface area contributed by atoms with Crippen molar-refractivity contribution in [1.82, 2.24) is 0 Å². The van der Waals surface area contributed by atoms with E-state index in [9.17, 15) is 9.18 Å². The van der Waals surface area contributed by atoms with E-state index in [1.165, 1.54) is 12.1 Å². The van der Waals surface area contributed by atoms with Gasteiger partial charge >= 0.3 is 0 Å². The molecule has 0 aliphatic carbocycles. The lowest BCUT2D eigenvalue weighted by Gasteiger charge is -2.09. The Morgan fingerprint density at radius 3 is 2.67 bits per heavy atom. The third-order valence-electron chi connectivity index (χ3n) is 3.46. The predicted molar refractivity (Wildman–Crippen MR) is 81.9 cm³/mol. The molecule has 0 aliphatic rings. The second-order valence-corrected chi connectivity index (χ2v) is 4.99. The maximum Gasteiger partial charge on any atom is 0.200 e. The smallest absolute Gasteiger partial charge is 0.200 e. The Hall–Kier alpha value is -2.42. The van der Waals surface area contributed by atoms with Gasteiger partial charge in [0.1, 0.15) is 17.2 Å². The molecule has 1 aromatic heterocycles. The van der Waals surface area contributed by atoms with Crippen LogP contribution in [0, 0.1) is 5.82 Å². The summed E-state index contributed by atoms with van der Waals surface area (Å²) in [5.41, 5.74) is 1.50. The van der Waals surface area contributed by atoms with Gasteiger partial charge in [-0.2, -0.15) is 0 Å². The zero-order chi connectivity index (χ0) is 14.8. The average molecular weight is 282 g/mol. The minimum atomic E-state index is -0.359. The highest BCUT2D eigenvalue weighted by molar-refractivity contribution is 5.82. The molecule has 0 bridgehead atoms. The van der Waals surface area contributed by atoms with Gasteiger partial charge in [0.2, 0.25) is 5.43 Å². The number of halogens is 1. The van der Waals surface area contributed by atoms with Gasteiger partial charge in [-0.05, 0) is 36.2 Å². The molecule has 106 valence electrons. The van der Waals surface area contributed by atoms with Gasteiger partial charge in [0, 0.05) is 6.42 Å². The molecule has 0 fully saturated rings. The maximum absolute atomic E-state index is 13.5. The van der Waals surface area contributed by atoms with Crippen molar-refractivity contribution in [2.75, 3.05) is 0 Å². The lowest BCUT2D eigenvalue weighted by molar-refractivity contribution is 0.534. The summed E-state index contributed by atoms with van der Waals surface area (Å²) in [4.78, 5) is 12.8. The Labute approximate surface area is 121 Å². The first-order valence-corrected chi connectivity index (χ1v) is 7.01. The van der Waals surface area contributed by atoms with Crippen LogP contribution in [-0.2, 0) is 6.42 Å². The van der Waals surface area contributed by atoms with Gasteiger partial charge in [-0.25, -0.2) is 4.39 Å². The van der Waals surface area contributed by atoms with Gasteiger partial charge < -0.3 is 4.42 Å². The summed E-state index contributed by atoms with van der Waals surface area (Å²) in [7, 11) is 0. The Kier molecular flexibility index (Phi) is 3.57. The van der Waals surface area contributed by atoms with Crippen molar-refractivity contribution in [3.8, 4) is 11.1 Å². The monoisotopic (exact) mass is 282 g/mol. The summed E-state index contributed by atoms with van der Waals surface area (Å²) in [6.07, 6.45) is 1.50. The van der Waals surface area contributed by atoms with Crippen LogP contribution in [0.25, 0.3) is 22.1 Å². The van der Waals surface area contributed by atoms with Crippen LogP contribution in [0.5, 0.6) is 0 Å². The van der Waals surface area contributed by atoms with E-state index in [-0.39, 0.29) is 11.2 Å². The zero-order valence-corrected chi connectivity index (χ0v) is 11.7. The topological polar surface area (TPSA) is 30.2 Å². The van der Waals surface area contributed by atoms with Crippen LogP contribution in [0.4, 0.5) is 4.39 Å². The SMILES string of the molecule is CCCc1oc2ccccc2c(=O)c1-c1cccc(F)c1. The highest BCUT2D eigenvalue weighted by Gasteiger charge is 2.15. The summed E-state index contributed by atoms with van der Waals surface area (Å²) in [5.74, 6) is 0.259. The molecule has 0 saturated heterocycles. The van der Waals surface area contributed by atoms with E-state index in [1.807, 2.05) is 13.0 Å². The quantitative estimate of drug-likeness (QED) is 0.705. The molecule has 3 rings (SSSR count). The largest absolute Gasteiger partial charge is 0.460 e. The molecule has 0 unspecified atom stereocenters. The second-order valence-electron chi connectivity index (χ2n) is 4.99. The number of hydrogen-bond donors (Lipinski definition) is 0. The van der Waals surface area contributed by atoms with Crippen LogP contribution in [0.2, 0.25) is 0 Å². The van der Waals surface area contributed by atoms with Gasteiger partial charge in [0.05, 0.1) is 10.9 Å². The highest BCUT2D eigenvalue weighted by Crippen LogP contribution is 2.26.